The van der Waals surface area contributed by atoms with Gasteiger partial charge in [0.2, 0.25) is 0 Å². The summed E-state index contributed by atoms with van der Waals surface area (Å²) in [6.45, 7) is 13.9. The number of amides is 2. The fourth-order valence-corrected chi connectivity index (χ4v) is 4.65. The van der Waals surface area contributed by atoms with Crippen molar-refractivity contribution in [1.29, 1.82) is 0 Å². The minimum absolute atomic E-state index is 0.0450. The number of nitrogens with zero attached hydrogens (tertiary/aromatic N) is 2. The van der Waals surface area contributed by atoms with Crippen LogP contribution in [0.4, 0.5) is 4.79 Å². The molecule has 1 atom stereocenters. The van der Waals surface area contributed by atoms with Crippen molar-refractivity contribution in [3.05, 3.63) is 98.7 Å². The van der Waals surface area contributed by atoms with Gasteiger partial charge in [0, 0.05) is 30.6 Å². The average molecular weight is 547 g/mol. The van der Waals surface area contributed by atoms with E-state index in [1.54, 1.807) is 11.8 Å². The van der Waals surface area contributed by atoms with E-state index >= 15 is 0 Å². The number of hydrogen-bond donors (Lipinski definition) is 2. The lowest BCUT2D eigenvalue weighted by atomic mass is 9.92. The van der Waals surface area contributed by atoms with Crippen LogP contribution in [0.1, 0.15) is 85.6 Å². The van der Waals surface area contributed by atoms with Crippen LogP contribution >= 0.6 is 0 Å². The van der Waals surface area contributed by atoms with Crippen molar-refractivity contribution in [3.8, 4) is 0 Å². The van der Waals surface area contributed by atoms with Crippen LogP contribution in [-0.4, -0.2) is 45.6 Å². The summed E-state index contributed by atoms with van der Waals surface area (Å²) in [6.07, 6.45) is 0.395. The number of carbonyl (C=O) groups is 2. The molecule has 0 saturated heterocycles. The maximum absolute atomic E-state index is 14.0. The molecule has 1 unspecified atom stereocenters. The van der Waals surface area contributed by atoms with E-state index in [0.717, 1.165) is 11.1 Å². The first-order valence-electron chi connectivity index (χ1n) is 13.8. The van der Waals surface area contributed by atoms with E-state index in [1.807, 2.05) is 96.1 Å². The van der Waals surface area contributed by atoms with Crippen molar-refractivity contribution in [1.82, 2.24) is 20.2 Å². The second kappa shape index (κ2) is 13.4. The van der Waals surface area contributed by atoms with Gasteiger partial charge in [-0.05, 0) is 64.7 Å². The molecule has 0 aliphatic rings. The third-order valence-corrected chi connectivity index (χ3v) is 6.44. The molecule has 214 valence electrons. The van der Waals surface area contributed by atoms with Crippen LogP contribution in [0.2, 0.25) is 0 Å². The van der Waals surface area contributed by atoms with E-state index in [9.17, 15) is 14.4 Å². The maximum atomic E-state index is 14.0. The van der Waals surface area contributed by atoms with E-state index < -0.39 is 17.7 Å². The second-order valence-corrected chi connectivity index (χ2v) is 11.5. The van der Waals surface area contributed by atoms with Crippen molar-refractivity contribution in [3.63, 3.8) is 0 Å². The molecule has 0 aliphatic heterocycles. The minimum Gasteiger partial charge on any atom is -0.444 e. The molecular formula is C32H42N4O4. The molecule has 1 aromatic heterocycles. The summed E-state index contributed by atoms with van der Waals surface area (Å²) >= 11 is 0. The predicted molar refractivity (Wildman–Crippen MR) is 157 cm³/mol. The van der Waals surface area contributed by atoms with Gasteiger partial charge in [0.05, 0.1) is 11.7 Å². The van der Waals surface area contributed by atoms with Gasteiger partial charge >= 0.3 is 6.09 Å². The number of rotatable bonds is 10. The molecule has 0 bridgehead atoms. The molecule has 3 rings (SSSR count). The minimum atomic E-state index is -0.598. The number of carbonyl (C=O) groups excluding carboxylic acids is 2. The van der Waals surface area contributed by atoms with Gasteiger partial charge in [-0.15, -0.1) is 0 Å². The molecule has 0 aliphatic carbocycles. The van der Waals surface area contributed by atoms with Crippen LogP contribution in [0.15, 0.2) is 59.4 Å². The number of alkyl carbamates (subject to hydrolysis) is 1. The van der Waals surface area contributed by atoms with Crippen LogP contribution in [0.25, 0.3) is 0 Å². The van der Waals surface area contributed by atoms with Crippen molar-refractivity contribution >= 4 is 12.0 Å². The molecule has 8 nitrogen and oxygen atoms in total. The Hall–Kier alpha value is -3.94. The Bertz CT molecular complexity index is 1340. The van der Waals surface area contributed by atoms with Gasteiger partial charge in [0.25, 0.3) is 11.5 Å². The van der Waals surface area contributed by atoms with Gasteiger partial charge < -0.3 is 19.9 Å². The van der Waals surface area contributed by atoms with Crippen LogP contribution in [0, 0.1) is 19.8 Å². The first-order valence-corrected chi connectivity index (χ1v) is 13.8. The van der Waals surface area contributed by atoms with Crippen LogP contribution in [0.3, 0.4) is 0 Å². The fourth-order valence-electron chi connectivity index (χ4n) is 4.65. The van der Waals surface area contributed by atoms with E-state index in [4.69, 9.17) is 9.72 Å². The first-order chi connectivity index (χ1) is 18.9. The smallest absolute Gasteiger partial charge is 0.407 e. The topological polar surface area (TPSA) is 104 Å². The van der Waals surface area contributed by atoms with Crippen molar-refractivity contribution in [2.45, 2.75) is 73.0 Å². The molecule has 2 aromatic carbocycles. The summed E-state index contributed by atoms with van der Waals surface area (Å²) in [5.41, 5.74) is 2.94. The van der Waals surface area contributed by atoms with Gasteiger partial charge in [0.1, 0.15) is 11.4 Å². The summed E-state index contributed by atoms with van der Waals surface area (Å²) in [7, 11) is 0. The van der Waals surface area contributed by atoms with Gasteiger partial charge in [0.15, 0.2) is 0 Å². The number of nitrogens with one attached hydrogen (secondary N) is 2. The predicted octanol–water partition coefficient (Wildman–Crippen LogP) is 5.73. The van der Waals surface area contributed by atoms with E-state index in [0.29, 0.717) is 48.6 Å². The average Bonchev–Trinajstić information content (AvgIpc) is 2.87. The van der Waals surface area contributed by atoms with Gasteiger partial charge in [-0.1, -0.05) is 61.9 Å². The first kappa shape index (κ1) is 30.6. The highest BCUT2D eigenvalue weighted by Crippen LogP contribution is 2.31. The maximum Gasteiger partial charge on any atom is 0.407 e. The third-order valence-electron chi connectivity index (χ3n) is 6.44. The van der Waals surface area contributed by atoms with Crippen molar-refractivity contribution in [2.75, 3.05) is 13.1 Å². The normalized spacial score (nSPS) is 12.2. The lowest BCUT2D eigenvalue weighted by Gasteiger charge is -2.35. The van der Waals surface area contributed by atoms with Gasteiger partial charge in [-0.2, -0.15) is 0 Å². The molecule has 0 spiro atoms. The van der Waals surface area contributed by atoms with E-state index in [2.05, 4.69) is 10.3 Å². The zero-order valence-electron chi connectivity index (χ0n) is 24.7. The zero-order valence-corrected chi connectivity index (χ0v) is 24.7. The Morgan fingerprint density at radius 3 is 2.27 bits per heavy atom. The number of aromatic nitrogens is 2. The molecule has 1 heterocycles. The Kier molecular flexibility index (Phi) is 10.3. The second-order valence-electron chi connectivity index (χ2n) is 11.5. The van der Waals surface area contributed by atoms with E-state index in [1.165, 1.54) is 0 Å². The standard InChI is InChI=1S/C32H42N4O4/c1-21(2)28(27-26(29(37)35-23(4)34-27)20-24-12-9-8-10-13-24)36(30(38)25-16-14-22(3)15-17-25)19-11-18-33-31(39)40-32(5,6)7/h8-10,12-17,21,28H,11,18-20H2,1-7H3,(H,33,39)(H,34,35,37). The molecule has 0 fully saturated rings. The number of ether oxygens (including phenoxy) is 1. The lowest BCUT2D eigenvalue weighted by molar-refractivity contribution is 0.0520. The third kappa shape index (κ3) is 8.53. The molecule has 3 aromatic rings. The number of hydrogen-bond acceptors (Lipinski definition) is 5. The molecule has 2 amide bonds. The summed E-state index contributed by atoms with van der Waals surface area (Å²) in [5, 5.41) is 2.78. The highest BCUT2D eigenvalue weighted by Gasteiger charge is 2.32. The van der Waals surface area contributed by atoms with Gasteiger partial charge in [-0.3, -0.25) is 9.59 Å². The number of benzene rings is 2. The van der Waals surface area contributed by atoms with Gasteiger partial charge in [-0.25, -0.2) is 9.78 Å². The van der Waals surface area contributed by atoms with E-state index in [-0.39, 0.29) is 17.4 Å². The number of H-pyrrole nitrogens is 1. The lowest BCUT2D eigenvalue weighted by Crippen LogP contribution is -2.41. The summed E-state index contributed by atoms with van der Waals surface area (Å²) in [4.78, 5) is 49.0. The molecular weight excluding hydrogens is 504 g/mol. The Morgan fingerprint density at radius 2 is 1.68 bits per heavy atom. The Balaban J connectivity index is 1.99. The Labute approximate surface area is 237 Å². The number of aryl methyl sites for hydroxylation is 2. The highest BCUT2D eigenvalue weighted by atomic mass is 16.6. The molecule has 40 heavy (non-hydrogen) atoms. The van der Waals surface area contributed by atoms with Crippen molar-refractivity contribution < 1.29 is 14.3 Å². The van der Waals surface area contributed by atoms with Crippen LogP contribution in [-0.2, 0) is 11.2 Å². The zero-order chi connectivity index (χ0) is 29.4. The van der Waals surface area contributed by atoms with Crippen molar-refractivity contribution in [2.24, 2.45) is 5.92 Å². The summed E-state index contributed by atoms with van der Waals surface area (Å²) in [6, 6.07) is 16.8. The molecule has 8 heteroatoms. The molecule has 0 saturated carbocycles. The summed E-state index contributed by atoms with van der Waals surface area (Å²) in [5.74, 6) is 0.301. The molecule has 2 N–H and O–H groups in total. The highest BCUT2D eigenvalue weighted by molar-refractivity contribution is 5.94. The quantitative estimate of drug-likeness (QED) is 0.316. The monoisotopic (exact) mass is 546 g/mol. The summed E-state index contributed by atoms with van der Waals surface area (Å²) < 4.78 is 5.35. The largest absolute Gasteiger partial charge is 0.444 e. The molecule has 0 radical (unpaired) electrons. The Morgan fingerprint density at radius 1 is 1.02 bits per heavy atom. The fraction of sp³-hybridized carbons (Fsp3) is 0.438. The van der Waals surface area contributed by atoms with Crippen LogP contribution in [0.5, 0.6) is 0 Å². The SMILES string of the molecule is Cc1ccc(C(=O)N(CCCNC(=O)OC(C)(C)C)C(c2nc(C)[nH]c(=O)c2Cc2ccccc2)C(C)C)cc1. The van der Waals surface area contributed by atoms with Crippen LogP contribution < -0.4 is 10.9 Å². The number of aromatic amines is 1.